The summed E-state index contributed by atoms with van der Waals surface area (Å²) >= 11 is 3.18. The SMILES string of the molecule is NC(=O)c1ccc(NOCC(=O)O)c(Br)c1. The number of benzene rings is 1. The summed E-state index contributed by atoms with van der Waals surface area (Å²) in [4.78, 5) is 25.7. The first-order chi connectivity index (χ1) is 7.50. The number of aliphatic carboxylic acids is 1. The number of hydrogen-bond donors (Lipinski definition) is 3. The summed E-state index contributed by atoms with van der Waals surface area (Å²) in [7, 11) is 0. The molecule has 16 heavy (non-hydrogen) atoms. The maximum absolute atomic E-state index is 10.8. The monoisotopic (exact) mass is 288 g/mol. The first-order valence-corrected chi connectivity index (χ1v) is 4.99. The Morgan fingerprint density at radius 1 is 1.50 bits per heavy atom. The topological polar surface area (TPSA) is 102 Å². The number of anilines is 1. The van der Waals surface area contributed by atoms with Crippen molar-refractivity contribution in [3.05, 3.63) is 28.2 Å². The van der Waals surface area contributed by atoms with Gasteiger partial charge in [-0.25, -0.2) is 4.79 Å². The highest BCUT2D eigenvalue weighted by Crippen LogP contribution is 2.23. The summed E-state index contributed by atoms with van der Waals surface area (Å²) in [6, 6.07) is 4.56. The summed E-state index contributed by atoms with van der Waals surface area (Å²) in [6.07, 6.45) is 0. The van der Waals surface area contributed by atoms with Gasteiger partial charge in [0.05, 0.1) is 5.69 Å². The molecular weight excluding hydrogens is 280 g/mol. The van der Waals surface area contributed by atoms with Gasteiger partial charge >= 0.3 is 5.97 Å². The van der Waals surface area contributed by atoms with Crippen LogP contribution in [0.15, 0.2) is 22.7 Å². The second kappa shape index (κ2) is 5.47. The largest absolute Gasteiger partial charge is 0.479 e. The zero-order valence-corrected chi connectivity index (χ0v) is 9.65. The van der Waals surface area contributed by atoms with E-state index in [2.05, 4.69) is 26.2 Å². The predicted molar refractivity (Wildman–Crippen MR) is 59.9 cm³/mol. The third kappa shape index (κ3) is 3.52. The Morgan fingerprint density at radius 3 is 2.69 bits per heavy atom. The Balaban J connectivity index is 2.68. The van der Waals surface area contributed by atoms with E-state index in [1.807, 2.05) is 0 Å². The van der Waals surface area contributed by atoms with E-state index in [4.69, 9.17) is 10.8 Å². The molecule has 6 nitrogen and oxygen atoms in total. The maximum atomic E-state index is 10.8. The highest BCUT2D eigenvalue weighted by molar-refractivity contribution is 9.10. The number of halogens is 1. The number of nitrogens with two attached hydrogens (primary N) is 1. The predicted octanol–water partition coefficient (Wildman–Crippen LogP) is 0.976. The molecule has 0 saturated heterocycles. The van der Waals surface area contributed by atoms with Gasteiger partial charge in [0.15, 0.2) is 6.61 Å². The van der Waals surface area contributed by atoms with Crippen molar-refractivity contribution in [2.75, 3.05) is 12.1 Å². The van der Waals surface area contributed by atoms with Gasteiger partial charge in [-0.15, -0.1) is 0 Å². The van der Waals surface area contributed by atoms with Crippen LogP contribution in [0.2, 0.25) is 0 Å². The highest BCUT2D eigenvalue weighted by Gasteiger charge is 2.05. The van der Waals surface area contributed by atoms with Crippen LogP contribution in [0, 0.1) is 0 Å². The van der Waals surface area contributed by atoms with Crippen LogP contribution in [0.4, 0.5) is 5.69 Å². The number of primary amides is 1. The average Bonchev–Trinajstić information content (AvgIpc) is 2.19. The van der Waals surface area contributed by atoms with Crippen LogP contribution in [-0.4, -0.2) is 23.6 Å². The molecular formula is C9H9BrN2O4. The fraction of sp³-hybridized carbons (Fsp3) is 0.111. The van der Waals surface area contributed by atoms with Crippen LogP contribution in [0.25, 0.3) is 0 Å². The second-order valence-electron chi connectivity index (χ2n) is 2.84. The number of rotatable bonds is 5. The molecule has 7 heteroatoms. The van der Waals surface area contributed by atoms with Crippen molar-refractivity contribution < 1.29 is 19.5 Å². The molecule has 0 aliphatic carbocycles. The number of carboxylic acid groups (broad SMARTS) is 1. The van der Waals surface area contributed by atoms with Crippen molar-refractivity contribution in [3.8, 4) is 0 Å². The van der Waals surface area contributed by atoms with Gasteiger partial charge in [-0.1, -0.05) is 0 Å². The number of amides is 1. The number of hydrogen-bond acceptors (Lipinski definition) is 4. The smallest absolute Gasteiger partial charge is 0.332 e. The van der Waals surface area contributed by atoms with Gasteiger partial charge in [-0.2, -0.15) is 0 Å². The number of carboxylic acids is 1. The van der Waals surface area contributed by atoms with Gasteiger partial charge in [0.1, 0.15) is 0 Å². The Bertz CT molecular complexity index is 422. The van der Waals surface area contributed by atoms with Gasteiger partial charge in [0.25, 0.3) is 0 Å². The molecule has 0 saturated carbocycles. The van der Waals surface area contributed by atoms with Crippen molar-refractivity contribution in [1.82, 2.24) is 0 Å². The van der Waals surface area contributed by atoms with Crippen LogP contribution in [0.1, 0.15) is 10.4 Å². The number of nitrogens with one attached hydrogen (secondary N) is 1. The lowest BCUT2D eigenvalue weighted by molar-refractivity contribution is -0.141. The minimum Gasteiger partial charge on any atom is -0.479 e. The molecule has 1 rings (SSSR count). The Morgan fingerprint density at radius 2 is 2.19 bits per heavy atom. The molecule has 0 spiro atoms. The van der Waals surface area contributed by atoms with Crippen LogP contribution >= 0.6 is 15.9 Å². The third-order valence-corrected chi connectivity index (χ3v) is 2.29. The summed E-state index contributed by atoms with van der Waals surface area (Å²) in [6.45, 7) is -0.468. The molecule has 0 aromatic heterocycles. The molecule has 1 aromatic carbocycles. The molecule has 0 aliphatic heterocycles. The molecule has 0 atom stereocenters. The minimum atomic E-state index is -1.09. The lowest BCUT2D eigenvalue weighted by Gasteiger charge is -2.07. The van der Waals surface area contributed by atoms with Gasteiger partial charge in [-0.05, 0) is 34.1 Å². The summed E-state index contributed by atoms with van der Waals surface area (Å²) in [5.41, 5.74) is 8.36. The molecule has 0 aliphatic rings. The first kappa shape index (κ1) is 12.5. The molecule has 1 aromatic rings. The molecule has 0 heterocycles. The maximum Gasteiger partial charge on any atom is 0.332 e. The standard InChI is InChI=1S/C9H9BrN2O4/c10-6-3-5(9(11)15)1-2-7(6)12-16-4-8(13)14/h1-3,12H,4H2,(H2,11,15)(H,13,14). The van der Waals surface area contributed by atoms with Gasteiger partial charge in [-0.3, -0.25) is 15.1 Å². The normalized spacial score (nSPS) is 9.81. The van der Waals surface area contributed by atoms with E-state index in [1.165, 1.54) is 12.1 Å². The van der Waals surface area contributed by atoms with E-state index in [0.717, 1.165) is 0 Å². The van der Waals surface area contributed by atoms with E-state index in [0.29, 0.717) is 15.7 Å². The second-order valence-corrected chi connectivity index (χ2v) is 3.70. The highest BCUT2D eigenvalue weighted by atomic mass is 79.9. The Labute approximate surface area is 99.5 Å². The van der Waals surface area contributed by atoms with Crippen molar-refractivity contribution in [2.24, 2.45) is 5.73 Å². The van der Waals surface area contributed by atoms with E-state index in [1.54, 1.807) is 6.07 Å². The van der Waals surface area contributed by atoms with Crippen LogP contribution < -0.4 is 11.2 Å². The zero-order valence-electron chi connectivity index (χ0n) is 8.07. The fourth-order valence-electron chi connectivity index (χ4n) is 0.927. The molecule has 0 bridgehead atoms. The van der Waals surface area contributed by atoms with Crippen molar-refractivity contribution >= 4 is 33.5 Å². The minimum absolute atomic E-state index is 0.343. The van der Waals surface area contributed by atoms with Crippen LogP contribution in [0.5, 0.6) is 0 Å². The van der Waals surface area contributed by atoms with Crippen molar-refractivity contribution in [2.45, 2.75) is 0 Å². The quantitative estimate of drug-likeness (QED) is 0.701. The molecule has 0 fully saturated rings. The van der Waals surface area contributed by atoms with E-state index >= 15 is 0 Å². The Kier molecular flexibility index (Phi) is 4.27. The lowest BCUT2D eigenvalue weighted by Crippen LogP contribution is -2.13. The van der Waals surface area contributed by atoms with E-state index in [-0.39, 0.29) is 0 Å². The molecule has 86 valence electrons. The number of carbonyl (C=O) groups excluding carboxylic acids is 1. The molecule has 4 N–H and O–H groups in total. The van der Waals surface area contributed by atoms with Gasteiger partial charge in [0.2, 0.25) is 5.91 Å². The number of carbonyl (C=O) groups is 2. The van der Waals surface area contributed by atoms with Gasteiger partial charge < -0.3 is 10.8 Å². The summed E-state index contributed by atoms with van der Waals surface area (Å²) in [5.74, 6) is -1.63. The summed E-state index contributed by atoms with van der Waals surface area (Å²) in [5, 5.41) is 8.34. The van der Waals surface area contributed by atoms with Crippen LogP contribution in [0.3, 0.4) is 0 Å². The fourth-order valence-corrected chi connectivity index (χ4v) is 1.39. The zero-order chi connectivity index (χ0) is 12.1. The first-order valence-electron chi connectivity index (χ1n) is 4.19. The third-order valence-electron chi connectivity index (χ3n) is 1.63. The van der Waals surface area contributed by atoms with E-state index in [9.17, 15) is 9.59 Å². The van der Waals surface area contributed by atoms with Gasteiger partial charge in [0, 0.05) is 10.0 Å². The molecule has 0 radical (unpaired) electrons. The van der Waals surface area contributed by atoms with Crippen LogP contribution in [-0.2, 0) is 9.63 Å². The lowest BCUT2D eigenvalue weighted by atomic mass is 10.2. The average molecular weight is 289 g/mol. The van der Waals surface area contributed by atoms with E-state index < -0.39 is 18.5 Å². The van der Waals surface area contributed by atoms with Crippen molar-refractivity contribution in [3.63, 3.8) is 0 Å². The molecule has 0 unspecified atom stereocenters. The molecule has 1 amide bonds. The Hall–Kier alpha value is -1.60. The summed E-state index contributed by atoms with van der Waals surface area (Å²) < 4.78 is 0.550. The van der Waals surface area contributed by atoms with Crippen molar-refractivity contribution in [1.29, 1.82) is 0 Å².